The molecule has 0 fully saturated rings. The third-order valence-corrected chi connectivity index (χ3v) is 4.02. The first-order valence-corrected chi connectivity index (χ1v) is 8.25. The number of carbonyl (C=O) groups is 5. The van der Waals surface area contributed by atoms with E-state index in [2.05, 4.69) is 20.1 Å². The minimum atomic E-state index is -1.45. The number of primary amides is 1. The predicted molar refractivity (Wildman–Crippen MR) is 97.9 cm³/mol. The van der Waals surface area contributed by atoms with Gasteiger partial charge >= 0.3 is 11.9 Å². The molecule has 0 aliphatic heterocycles. The molecule has 0 heterocycles. The first-order chi connectivity index (χ1) is 13.1. The molecule has 0 saturated carbocycles. The summed E-state index contributed by atoms with van der Waals surface area (Å²) in [6.07, 6.45) is 0. The molecule has 1 aromatic rings. The van der Waals surface area contributed by atoms with Crippen molar-refractivity contribution in [2.45, 2.75) is 19.9 Å². The number of methoxy groups -OCH3 is 2. The Labute approximate surface area is 161 Å². The fourth-order valence-electron chi connectivity index (χ4n) is 2.57. The van der Waals surface area contributed by atoms with Gasteiger partial charge in [-0.25, -0.2) is 0 Å². The fraction of sp³-hybridized carbons (Fsp3) is 0.389. The molecule has 0 bridgehead atoms. The second-order valence-corrected chi connectivity index (χ2v) is 6.00. The van der Waals surface area contributed by atoms with Gasteiger partial charge < -0.3 is 25.8 Å². The average molecular weight is 393 g/mol. The van der Waals surface area contributed by atoms with E-state index >= 15 is 0 Å². The van der Waals surface area contributed by atoms with Crippen LogP contribution in [0.4, 0.5) is 5.69 Å². The first kappa shape index (κ1) is 22.6. The van der Waals surface area contributed by atoms with Crippen LogP contribution in [0.1, 0.15) is 24.2 Å². The van der Waals surface area contributed by atoms with Crippen LogP contribution in [0.25, 0.3) is 0 Å². The monoisotopic (exact) mass is 393 g/mol. The number of ether oxygens (including phenoxy) is 2. The molecule has 0 radical (unpaired) electrons. The van der Waals surface area contributed by atoms with Gasteiger partial charge in [0.15, 0.2) is 5.92 Å². The van der Waals surface area contributed by atoms with E-state index in [0.29, 0.717) is 5.69 Å². The number of nitrogens with one attached hydrogen (secondary N) is 2. The molecule has 1 rings (SSSR count). The third kappa shape index (κ3) is 5.79. The van der Waals surface area contributed by atoms with Gasteiger partial charge in [0.1, 0.15) is 6.04 Å². The maximum atomic E-state index is 12.5. The molecular weight excluding hydrogens is 370 g/mol. The summed E-state index contributed by atoms with van der Waals surface area (Å²) in [5.74, 6) is -6.17. The Morgan fingerprint density at radius 2 is 1.46 bits per heavy atom. The summed E-state index contributed by atoms with van der Waals surface area (Å²) in [7, 11) is 2.17. The lowest BCUT2D eigenvalue weighted by Crippen LogP contribution is -2.52. The number of nitrogens with two attached hydrogens (primary N) is 1. The molecule has 3 amide bonds. The maximum absolute atomic E-state index is 12.5. The van der Waals surface area contributed by atoms with Gasteiger partial charge in [-0.2, -0.15) is 0 Å². The summed E-state index contributed by atoms with van der Waals surface area (Å²) in [5.41, 5.74) is 6.03. The zero-order chi connectivity index (χ0) is 21.4. The highest BCUT2D eigenvalue weighted by molar-refractivity contribution is 6.00. The van der Waals surface area contributed by atoms with E-state index in [0.717, 1.165) is 14.2 Å². The van der Waals surface area contributed by atoms with Crippen molar-refractivity contribution in [1.82, 2.24) is 5.32 Å². The fourth-order valence-corrected chi connectivity index (χ4v) is 2.57. The summed E-state index contributed by atoms with van der Waals surface area (Å²) in [6.45, 7) is 2.74. The van der Waals surface area contributed by atoms with Crippen LogP contribution in [0.15, 0.2) is 24.3 Å². The van der Waals surface area contributed by atoms with Gasteiger partial charge in [0, 0.05) is 24.1 Å². The van der Waals surface area contributed by atoms with Crippen molar-refractivity contribution in [2.24, 2.45) is 17.6 Å². The van der Waals surface area contributed by atoms with Crippen molar-refractivity contribution in [3.05, 3.63) is 29.8 Å². The first-order valence-electron chi connectivity index (χ1n) is 8.25. The van der Waals surface area contributed by atoms with Crippen LogP contribution in [0.3, 0.4) is 0 Å². The molecule has 4 N–H and O–H groups in total. The molecule has 2 atom stereocenters. The highest BCUT2D eigenvalue weighted by Gasteiger charge is 2.41. The number of rotatable bonds is 8. The molecule has 0 aromatic heterocycles. The van der Waals surface area contributed by atoms with E-state index < -0.39 is 41.6 Å². The molecule has 10 nitrogen and oxygen atoms in total. The molecule has 0 spiro atoms. The molecule has 1 aromatic carbocycles. The van der Waals surface area contributed by atoms with Crippen LogP contribution in [0.2, 0.25) is 0 Å². The standard InChI is InChI=1S/C18H23N3O7/c1-9(13(17(25)27-3)18(26)28-4)14(15(19)23)21-16(24)11-5-7-12(8-6-11)20-10(2)22/h5-9,13-14H,1-4H3,(H2,19,23)(H,20,22)(H,21,24)/t9-,14-/m0/s1. The van der Waals surface area contributed by atoms with Crippen molar-refractivity contribution >= 4 is 35.3 Å². The van der Waals surface area contributed by atoms with E-state index in [1.54, 1.807) is 0 Å². The lowest BCUT2D eigenvalue weighted by atomic mass is 9.86. The van der Waals surface area contributed by atoms with E-state index in [-0.39, 0.29) is 11.5 Å². The maximum Gasteiger partial charge on any atom is 0.320 e. The van der Waals surface area contributed by atoms with Crippen LogP contribution in [-0.2, 0) is 28.7 Å². The number of carbonyl (C=O) groups excluding carboxylic acids is 5. The summed E-state index contributed by atoms with van der Waals surface area (Å²) >= 11 is 0. The number of esters is 2. The van der Waals surface area contributed by atoms with Gasteiger partial charge in [0.05, 0.1) is 14.2 Å². The van der Waals surface area contributed by atoms with E-state index in [1.807, 2.05) is 0 Å². The summed E-state index contributed by atoms with van der Waals surface area (Å²) < 4.78 is 9.16. The highest BCUT2D eigenvalue weighted by Crippen LogP contribution is 2.20. The molecular formula is C18H23N3O7. The Hall–Kier alpha value is -3.43. The van der Waals surface area contributed by atoms with Crippen LogP contribution >= 0.6 is 0 Å². The quantitative estimate of drug-likeness (QED) is 0.409. The van der Waals surface area contributed by atoms with Gasteiger partial charge in [-0.05, 0) is 24.3 Å². The Balaban J connectivity index is 3.03. The summed E-state index contributed by atoms with van der Waals surface area (Å²) in [5, 5.41) is 4.97. The topological polar surface area (TPSA) is 154 Å². The third-order valence-electron chi connectivity index (χ3n) is 4.02. The Bertz CT molecular complexity index is 745. The minimum Gasteiger partial charge on any atom is -0.468 e. The SMILES string of the molecule is COC(=O)C(C(=O)OC)[C@H](C)[C@H](NC(=O)c1ccc(NC(C)=O)cc1)C(N)=O. The lowest BCUT2D eigenvalue weighted by Gasteiger charge is -2.26. The highest BCUT2D eigenvalue weighted by atomic mass is 16.5. The zero-order valence-corrected chi connectivity index (χ0v) is 16.0. The van der Waals surface area contributed by atoms with Crippen molar-refractivity contribution in [3.63, 3.8) is 0 Å². The molecule has 0 unspecified atom stereocenters. The summed E-state index contributed by atoms with van der Waals surface area (Å²) in [4.78, 5) is 59.2. The van der Waals surface area contributed by atoms with Gasteiger partial charge in [-0.1, -0.05) is 6.92 Å². The van der Waals surface area contributed by atoms with Crippen LogP contribution in [0, 0.1) is 11.8 Å². The Morgan fingerprint density at radius 3 is 1.86 bits per heavy atom. The number of hydrogen-bond donors (Lipinski definition) is 3. The van der Waals surface area contributed by atoms with E-state index in [1.165, 1.54) is 38.1 Å². The predicted octanol–water partition coefficient (Wildman–Crippen LogP) is -0.173. The van der Waals surface area contributed by atoms with Crippen molar-refractivity contribution in [1.29, 1.82) is 0 Å². The zero-order valence-electron chi connectivity index (χ0n) is 16.0. The van der Waals surface area contributed by atoms with Gasteiger partial charge in [-0.15, -0.1) is 0 Å². The molecule has 0 saturated heterocycles. The second kappa shape index (κ2) is 10.0. The van der Waals surface area contributed by atoms with Gasteiger partial charge in [0.2, 0.25) is 11.8 Å². The minimum absolute atomic E-state index is 0.181. The molecule has 10 heteroatoms. The van der Waals surface area contributed by atoms with Crippen molar-refractivity contribution < 1.29 is 33.4 Å². The Morgan fingerprint density at radius 1 is 0.964 bits per heavy atom. The van der Waals surface area contributed by atoms with E-state index in [9.17, 15) is 24.0 Å². The summed E-state index contributed by atoms with van der Waals surface area (Å²) in [6, 6.07) is 4.53. The van der Waals surface area contributed by atoms with Gasteiger partial charge in [-0.3, -0.25) is 24.0 Å². The number of anilines is 1. The molecule has 28 heavy (non-hydrogen) atoms. The lowest BCUT2D eigenvalue weighted by molar-refractivity contribution is -0.162. The van der Waals surface area contributed by atoms with Gasteiger partial charge in [0.25, 0.3) is 5.91 Å². The molecule has 152 valence electrons. The number of amides is 3. The average Bonchev–Trinajstić information content (AvgIpc) is 2.65. The molecule has 0 aliphatic carbocycles. The van der Waals surface area contributed by atoms with E-state index in [4.69, 9.17) is 5.73 Å². The van der Waals surface area contributed by atoms with Crippen molar-refractivity contribution in [2.75, 3.05) is 19.5 Å². The normalized spacial score (nSPS) is 12.5. The van der Waals surface area contributed by atoms with Crippen LogP contribution < -0.4 is 16.4 Å². The smallest absolute Gasteiger partial charge is 0.320 e. The van der Waals surface area contributed by atoms with Crippen LogP contribution in [0.5, 0.6) is 0 Å². The number of hydrogen-bond acceptors (Lipinski definition) is 7. The Kier molecular flexibility index (Phi) is 8.11. The van der Waals surface area contributed by atoms with Crippen LogP contribution in [-0.4, -0.2) is 49.9 Å². The largest absolute Gasteiger partial charge is 0.468 e. The second-order valence-electron chi connectivity index (χ2n) is 6.00. The number of benzene rings is 1. The molecule has 0 aliphatic rings. The van der Waals surface area contributed by atoms with Crippen molar-refractivity contribution in [3.8, 4) is 0 Å².